The molecule has 2 aromatic carbocycles. The number of nitrogens with one attached hydrogen (secondary N) is 1. The molecule has 1 atom stereocenters. The van der Waals surface area contributed by atoms with Crippen molar-refractivity contribution in [2.24, 2.45) is 0 Å². The highest BCUT2D eigenvalue weighted by atomic mass is 32.1. The van der Waals surface area contributed by atoms with Crippen molar-refractivity contribution in [3.8, 4) is 5.75 Å². The van der Waals surface area contributed by atoms with E-state index in [1.54, 1.807) is 18.4 Å². The molecule has 0 radical (unpaired) electrons. The van der Waals surface area contributed by atoms with Crippen LogP contribution in [0.1, 0.15) is 16.5 Å². The molecule has 0 amide bonds. The van der Waals surface area contributed by atoms with E-state index in [0.29, 0.717) is 0 Å². The van der Waals surface area contributed by atoms with Crippen molar-refractivity contribution in [2.75, 3.05) is 13.7 Å². The third kappa shape index (κ3) is 3.30. The topological polar surface area (TPSA) is 41.5 Å². The Labute approximate surface area is 134 Å². The van der Waals surface area contributed by atoms with Crippen LogP contribution in [0.5, 0.6) is 5.75 Å². The van der Waals surface area contributed by atoms with Crippen LogP contribution >= 0.6 is 11.3 Å². The van der Waals surface area contributed by atoms with E-state index in [1.165, 1.54) is 15.0 Å². The van der Waals surface area contributed by atoms with Gasteiger partial charge in [-0.05, 0) is 35.2 Å². The summed E-state index contributed by atoms with van der Waals surface area (Å²) in [5.41, 5.74) is 1.03. The van der Waals surface area contributed by atoms with E-state index < -0.39 is 0 Å². The van der Waals surface area contributed by atoms with E-state index in [4.69, 9.17) is 4.74 Å². The van der Waals surface area contributed by atoms with Gasteiger partial charge in [-0.2, -0.15) is 0 Å². The van der Waals surface area contributed by atoms with E-state index >= 15 is 0 Å². The predicted octanol–water partition coefficient (Wildman–Crippen LogP) is 3.73. The Morgan fingerprint density at radius 1 is 1.14 bits per heavy atom. The largest absolute Gasteiger partial charge is 0.497 e. The minimum Gasteiger partial charge on any atom is -0.497 e. The highest BCUT2D eigenvalue weighted by Crippen LogP contribution is 2.26. The maximum absolute atomic E-state index is 9.66. The molecule has 0 saturated heterocycles. The number of ether oxygens (including phenoxy) is 1. The number of benzene rings is 2. The van der Waals surface area contributed by atoms with Gasteiger partial charge >= 0.3 is 0 Å². The van der Waals surface area contributed by atoms with Crippen LogP contribution < -0.4 is 10.1 Å². The quantitative estimate of drug-likeness (QED) is 0.728. The Balaban J connectivity index is 1.72. The molecule has 114 valence electrons. The van der Waals surface area contributed by atoms with Crippen LogP contribution in [0.2, 0.25) is 0 Å². The Morgan fingerprint density at radius 3 is 2.77 bits per heavy atom. The monoisotopic (exact) mass is 313 g/mol. The van der Waals surface area contributed by atoms with Crippen LogP contribution in [0.25, 0.3) is 10.1 Å². The number of rotatable bonds is 6. The summed E-state index contributed by atoms with van der Waals surface area (Å²) in [5, 5.41) is 14.3. The van der Waals surface area contributed by atoms with Gasteiger partial charge in [0.15, 0.2) is 0 Å². The number of thiophene rings is 1. The summed E-state index contributed by atoms with van der Waals surface area (Å²) >= 11 is 1.78. The van der Waals surface area contributed by atoms with Crippen molar-refractivity contribution in [1.82, 2.24) is 5.32 Å². The maximum Gasteiger partial charge on any atom is 0.119 e. The molecule has 3 aromatic rings. The SMILES string of the molecule is COc1cccc(C(CO)NCc2cc3ccccc3s2)c1. The molecule has 1 aromatic heterocycles. The lowest BCUT2D eigenvalue weighted by atomic mass is 10.1. The van der Waals surface area contributed by atoms with Gasteiger partial charge in [0.2, 0.25) is 0 Å². The number of aliphatic hydroxyl groups excluding tert-OH is 1. The van der Waals surface area contributed by atoms with Crippen LogP contribution in [0.4, 0.5) is 0 Å². The summed E-state index contributed by atoms with van der Waals surface area (Å²) in [7, 11) is 1.65. The maximum atomic E-state index is 9.66. The van der Waals surface area contributed by atoms with Crippen molar-refractivity contribution in [3.63, 3.8) is 0 Å². The fourth-order valence-electron chi connectivity index (χ4n) is 2.49. The average Bonchev–Trinajstić information content (AvgIpc) is 2.98. The van der Waals surface area contributed by atoms with Crippen molar-refractivity contribution in [1.29, 1.82) is 0 Å². The number of hydrogen-bond donors (Lipinski definition) is 2. The highest BCUT2D eigenvalue weighted by molar-refractivity contribution is 7.19. The summed E-state index contributed by atoms with van der Waals surface area (Å²) in [6, 6.07) is 18.3. The lowest BCUT2D eigenvalue weighted by Crippen LogP contribution is -2.23. The second-order valence-corrected chi connectivity index (χ2v) is 6.31. The summed E-state index contributed by atoms with van der Waals surface area (Å²) in [6.07, 6.45) is 0. The molecule has 0 aliphatic rings. The summed E-state index contributed by atoms with van der Waals surface area (Å²) in [6.45, 7) is 0.792. The molecule has 0 aliphatic heterocycles. The molecule has 1 unspecified atom stereocenters. The molecule has 3 nitrogen and oxygen atoms in total. The molecular weight excluding hydrogens is 294 g/mol. The first-order valence-electron chi connectivity index (χ1n) is 7.26. The third-order valence-electron chi connectivity index (χ3n) is 3.68. The van der Waals surface area contributed by atoms with Crippen molar-refractivity contribution in [2.45, 2.75) is 12.6 Å². The molecule has 2 N–H and O–H groups in total. The molecule has 0 spiro atoms. The molecule has 0 aliphatic carbocycles. The van der Waals surface area contributed by atoms with Crippen LogP contribution in [0, 0.1) is 0 Å². The van der Waals surface area contributed by atoms with Gasteiger partial charge in [-0.1, -0.05) is 30.3 Å². The van der Waals surface area contributed by atoms with Crippen LogP contribution in [-0.2, 0) is 6.54 Å². The third-order valence-corrected chi connectivity index (χ3v) is 4.79. The van der Waals surface area contributed by atoms with Gasteiger partial charge in [0.25, 0.3) is 0 Å². The van der Waals surface area contributed by atoms with Gasteiger partial charge in [0, 0.05) is 16.1 Å². The van der Waals surface area contributed by atoms with E-state index in [2.05, 4.69) is 35.6 Å². The predicted molar refractivity (Wildman–Crippen MR) is 91.5 cm³/mol. The summed E-state index contributed by atoms with van der Waals surface area (Å²) in [5.74, 6) is 0.805. The van der Waals surface area contributed by atoms with Crippen molar-refractivity contribution in [3.05, 3.63) is 65.0 Å². The normalized spacial score (nSPS) is 12.5. The van der Waals surface area contributed by atoms with Crippen LogP contribution in [0.3, 0.4) is 0 Å². The summed E-state index contributed by atoms with van der Waals surface area (Å²) in [4.78, 5) is 1.27. The molecule has 22 heavy (non-hydrogen) atoms. The van der Waals surface area contributed by atoms with Gasteiger partial charge in [-0.25, -0.2) is 0 Å². The van der Waals surface area contributed by atoms with Crippen LogP contribution in [0.15, 0.2) is 54.6 Å². The van der Waals surface area contributed by atoms with E-state index in [-0.39, 0.29) is 12.6 Å². The Morgan fingerprint density at radius 2 is 2.00 bits per heavy atom. The number of methoxy groups -OCH3 is 1. The lowest BCUT2D eigenvalue weighted by molar-refractivity contribution is 0.243. The zero-order chi connectivity index (χ0) is 15.4. The average molecular weight is 313 g/mol. The Kier molecular flexibility index (Phi) is 4.73. The summed E-state index contributed by atoms with van der Waals surface area (Å²) < 4.78 is 6.54. The molecule has 4 heteroatoms. The molecule has 0 fully saturated rings. The minimum atomic E-state index is -0.0969. The van der Waals surface area contributed by atoms with Gasteiger partial charge in [0.05, 0.1) is 19.8 Å². The standard InChI is InChI=1S/C18H19NO2S/c1-21-15-7-4-6-13(9-15)17(12-20)19-11-16-10-14-5-2-3-8-18(14)22-16/h2-10,17,19-20H,11-12H2,1H3. The molecule has 1 heterocycles. The molecular formula is C18H19NO2S. The van der Waals surface area contributed by atoms with Gasteiger partial charge in [-0.3, -0.25) is 0 Å². The highest BCUT2D eigenvalue weighted by Gasteiger charge is 2.11. The number of hydrogen-bond acceptors (Lipinski definition) is 4. The fraction of sp³-hybridized carbons (Fsp3) is 0.222. The number of fused-ring (bicyclic) bond motifs is 1. The fourth-order valence-corrected chi connectivity index (χ4v) is 3.51. The molecule has 0 saturated carbocycles. The van der Waals surface area contributed by atoms with E-state index in [1.807, 2.05) is 24.3 Å². The Hall–Kier alpha value is -1.88. The first kappa shape index (κ1) is 15.0. The van der Waals surface area contributed by atoms with Gasteiger partial charge in [0.1, 0.15) is 5.75 Å². The lowest BCUT2D eigenvalue weighted by Gasteiger charge is -2.17. The second kappa shape index (κ2) is 6.92. The number of aliphatic hydroxyl groups is 1. The zero-order valence-corrected chi connectivity index (χ0v) is 13.3. The van der Waals surface area contributed by atoms with E-state index in [9.17, 15) is 5.11 Å². The zero-order valence-electron chi connectivity index (χ0n) is 12.5. The second-order valence-electron chi connectivity index (χ2n) is 5.14. The minimum absolute atomic E-state index is 0.0536. The first-order chi connectivity index (χ1) is 10.8. The van der Waals surface area contributed by atoms with Gasteiger partial charge < -0.3 is 15.2 Å². The molecule has 3 rings (SSSR count). The molecule has 0 bridgehead atoms. The smallest absolute Gasteiger partial charge is 0.119 e. The van der Waals surface area contributed by atoms with Crippen LogP contribution in [-0.4, -0.2) is 18.8 Å². The van der Waals surface area contributed by atoms with Gasteiger partial charge in [-0.15, -0.1) is 11.3 Å². The Bertz CT molecular complexity index is 720. The van der Waals surface area contributed by atoms with Crippen molar-refractivity contribution >= 4 is 21.4 Å². The first-order valence-corrected chi connectivity index (χ1v) is 8.07. The van der Waals surface area contributed by atoms with E-state index in [0.717, 1.165) is 17.9 Å². The van der Waals surface area contributed by atoms with Crippen molar-refractivity contribution < 1.29 is 9.84 Å².